The zero-order valence-corrected chi connectivity index (χ0v) is 8.13. The number of nitriles is 1. The maximum atomic E-state index is 11.2. The van der Waals surface area contributed by atoms with E-state index < -0.39 is 27.9 Å². The summed E-state index contributed by atoms with van der Waals surface area (Å²) in [5, 5.41) is 28.6. The van der Waals surface area contributed by atoms with E-state index in [4.69, 9.17) is 5.26 Å². The number of phenols is 1. The van der Waals surface area contributed by atoms with E-state index in [1.54, 1.807) is 6.07 Å². The van der Waals surface area contributed by atoms with Crippen LogP contribution in [0.2, 0.25) is 0 Å². The molecule has 0 radical (unpaired) electrons. The van der Waals surface area contributed by atoms with Crippen LogP contribution in [0.15, 0.2) is 12.1 Å². The van der Waals surface area contributed by atoms with Crippen LogP contribution in [-0.2, 0) is 4.74 Å². The van der Waals surface area contributed by atoms with E-state index in [2.05, 4.69) is 4.74 Å². The smallest absolute Gasteiger partial charge is 0.345 e. The van der Waals surface area contributed by atoms with Gasteiger partial charge in [0.15, 0.2) is 0 Å². The van der Waals surface area contributed by atoms with Crippen molar-refractivity contribution in [2.24, 2.45) is 0 Å². The van der Waals surface area contributed by atoms with Crippen molar-refractivity contribution < 1.29 is 19.6 Å². The Labute approximate surface area is 89.6 Å². The van der Waals surface area contributed by atoms with E-state index in [-0.39, 0.29) is 5.56 Å². The molecule has 0 fully saturated rings. The Morgan fingerprint density at radius 2 is 2.25 bits per heavy atom. The van der Waals surface area contributed by atoms with Crippen LogP contribution in [-0.4, -0.2) is 23.1 Å². The van der Waals surface area contributed by atoms with Crippen molar-refractivity contribution in [2.45, 2.75) is 0 Å². The summed E-state index contributed by atoms with van der Waals surface area (Å²) in [4.78, 5) is 20.9. The van der Waals surface area contributed by atoms with Crippen LogP contribution in [0.3, 0.4) is 0 Å². The molecule has 1 aromatic carbocycles. The number of carbonyl (C=O) groups is 1. The van der Waals surface area contributed by atoms with Gasteiger partial charge in [0.2, 0.25) is 5.75 Å². The fourth-order valence-corrected chi connectivity index (χ4v) is 1.13. The Hall–Kier alpha value is -2.62. The molecule has 0 amide bonds. The summed E-state index contributed by atoms with van der Waals surface area (Å²) < 4.78 is 4.32. The van der Waals surface area contributed by atoms with Crippen LogP contribution < -0.4 is 0 Å². The van der Waals surface area contributed by atoms with Gasteiger partial charge in [0.25, 0.3) is 0 Å². The SMILES string of the molecule is COC(=O)c1ccc(C#N)c(O)c1[N+](=O)[O-]. The van der Waals surface area contributed by atoms with Crippen molar-refractivity contribution in [1.82, 2.24) is 0 Å². The normalized spacial score (nSPS) is 9.25. The second-order valence-corrected chi connectivity index (χ2v) is 2.72. The second kappa shape index (κ2) is 4.27. The number of ether oxygens (including phenoxy) is 1. The van der Waals surface area contributed by atoms with Crippen molar-refractivity contribution in [1.29, 1.82) is 5.26 Å². The molecule has 82 valence electrons. The lowest BCUT2D eigenvalue weighted by atomic mass is 10.1. The minimum absolute atomic E-state index is 0.278. The third kappa shape index (κ3) is 1.76. The summed E-state index contributed by atoms with van der Waals surface area (Å²) in [6.07, 6.45) is 0. The highest BCUT2D eigenvalue weighted by Gasteiger charge is 2.27. The number of nitro benzene ring substituents is 1. The molecule has 7 heteroatoms. The molecule has 0 aliphatic carbocycles. The number of esters is 1. The highest BCUT2D eigenvalue weighted by Crippen LogP contribution is 2.33. The molecule has 0 atom stereocenters. The quantitative estimate of drug-likeness (QED) is 0.452. The monoisotopic (exact) mass is 222 g/mol. The van der Waals surface area contributed by atoms with Gasteiger partial charge in [-0.3, -0.25) is 10.1 Å². The van der Waals surface area contributed by atoms with Crippen LogP contribution in [0, 0.1) is 21.4 Å². The number of aromatic hydroxyl groups is 1. The van der Waals surface area contributed by atoms with Gasteiger partial charge in [-0.1, -0.05) is 0 Å². The topological polar surface area (TPSA) is 113 Å². The summed E-state index contributed by atoms with van der Waals surface area (Å²) in [5.41, 5.74) is -1.51. The number of hydrogen-bond donors (Lipinski definition) is 1. The molecule has 0 bridgehead atoms. The number of nitro groups is 1. The third-order valence-corrected chi connectivity index (χ3v) is 1.86. The fraction of sp³-hybridized carbons (Fsp3) is 0.111. The van der Waals surface area contributed by atoms with Crippen molar-refractivity contribution in [3.8, 4) is 11.8 Å². The van der Waals surface area contributed by atoms with Gasteiger partial charge in [0.05, 0.1) is 12.0 Å². The Kier molecular flexibility index (Phi) is 3.06. The lowest BCUT2D eigenvalue weighted by Crippen LogP contribution is -2.06. The maximum Gasteiger partial charge on any atom is 0.345 e. The maximum absolute atomic E-state index is 11.2. The average Bonchev–Trinajstić information content (AvgIpc) is 2.26. The van der Waals surface area contributed by atoms with Gasteiger partial charge in [-0.25, -0.2) is 4.79 Å². The molecule has 0 heterocycles. The van der Waals surface area contributed by atoms with E-state index in [1.165, 1.54) is 0 Å². The lowest BCUT2D eigenvalue weighted by molar-refractivity contribution is -0.386. The predicted molar refractivity (Wildman–Crippen MR) is 50.8 cm³/mol. The summed E-state index contributed by atoms with van der Waals surface area (Å²) >= 11 is 0. The van der Waals surface area contributed by atoms with Gasteiger partial charge in [0, 0.05) is 0 Å². The highest BCUT2D eigenvalue weighted by molar-refractivity contribution is 5.95. The van der Waals surface area contributed by atoms with Gasteiger partial charge in [-0.05, 0) is 12.1 Å². The van der Waals surface area contributed by atoms with Crippen LogP contribution in [0.5, 0.6) is 5.75 Å². The van der Waals surface area contributed by atoms with Crippen molar-refractivity contribution in [3.05, 3.63) is 33.4 Å². The fourth-order valence-electron chi connectivity index (χ4n) is 1.13. The zero-order valence-electron chi connectivity index (χ0n) is 8.13. The Morgan fingerprint density at radius 1 is 1.62 bits per heavy atom. The largest absolute Gasteiger partial charge is 0.501 e. The molecule has 1 rings (SSSR count). The summed E-state index contributed by atoms with van der Waals surface area (Å²) in [5.74, 6) is -1.79. The van der Waals surface area contributed by atoms with Gasteiger partial charge < -0.3 is 9.84 Å². The molecule has 1 aromatic rings. The number of carbonyl (C=O) groups excluding carboxylic acids is 1. The Morgan fingerprint density at radius 3 is 2.69 bits per heavy atom. The first-order valence-corrected chi connectivity index (χ1v) is 4.01. The summed E-state index contributed by atoms with van der Waals surface area (Å²) in [6, 6.07) is 3.73. The first kappa shape index (κ1) is 11.5. The molecule has 0 aromatic heterocycles. The molecule has 0 saturated carbocycles. The second-order valence-electron chi connectivity index (χ2n) is 2.72. The van der Waals surface area contributed by atoms with Gasteiger partial charge >= 0.3 is 11.7 Å². The van der Waals surface area contributed by atoms with Crippen LogP contribution in [0.25, 0.3) is 0 Å². The highest BCUT2D eigenvalue weighted by atomic mass is 16.6. The third-order valence-electron chi connectivity index (χ3n) is 1.86. The van der Waals surface area contributed by atoms with Gasteiger partial charge in [-0.15, -0.1) is 0 Å². The standard InChI is InChI=1S/C9H6N2O5/c1-16-9(13)6-3-2-5(4-10)8(12)7(6)11(14)15/h2-3,12H,1H3. The summed E-state index contributed by atoms with van der Waals surface area (Å²) in [7, 11) is 1.06. The lowest BCUT2D eigenvalue weighted by Gasteiger charge is -2.03. The molecule has 1 N–H and O–H groups in total. The molecular formula is C9H6N2O5. The minimum atomic E-state index is -0.952. The first-order valence-electron chi connectivity index (χ1n) is 4.01. The molecule has 0 spiro atoms. The van der Waals surface area contributed by atoms with Gasteiger partial charge in [0.1, 0.15) is 17.2 Å². The predicted octanol–water partition coefficient (Wildman–Crippen LogP) is 0.959. The van der Waals surface area contributed by atoms with E-state index in [9.17, 15) is 20.0 Å². The van der Waals surface area contributed by atoms with Crippen LogP contribution >= 0.6 is 0 Å². The van der Waals surface area contributed by atoms with E-state index >= 15 is 0 Å². The van der Waals surface area contributed by atoms with Gasteiger partial charge in [-0.2, -0.15) is 5.26 Å². The number of hydrogen-bond acceptors (Lipinski definition) is 6. The molecule has 7 nitrogen and oxygen atoms in total. The van der Waals surface area contributed by atoms with E-state index in [1.807, 2.05) is 0 Å². The first-order chi connectivity index (χ1) is 7.52. The van der Waals surface area contributed by atoms with Crippen LogP contribution in [0.1, 0.15) is 15.9 Å². The van der Waals surface area contributed by atoms with E-state index in [0.717, 1.165) is 19.2 Å². The number of nitrogens with zero attached hydrogens (tertiary/aromatic N) is 2. The van der Waals surface area contributed by atoms with Crippen molar-refractivity contribution in [3.63, 3.8) is 0 Å². The number of benzene rings is 1. The number of phenolic OH excluding ortho intramolecular Hbond substituents is 1. The minimum Gasteiger partial charge on any atom is -0.501 e. The molecule has 16 heavy (non-hydrogen) atoms. The Bertz CT molecular complexity index is 503. The molecule has 0 aliphatic heterocycles. The van der Waals surface area contributed by atoms with Crippen molar-refractivity contribution >= 4 is 11.7 Å². The molecule has 0 aliphatic rings. The van der Waals surface area contributed by atoms with E-state index in [0.29, 0.717) is 0 Å². The van der Waals surface area contributed by atoms with Crippen molar-refractivity contribution in [2.75, 3.05) is 7.11 Å². The average molecular weight is 222 g/mol. The number of methoxy groups -OCH3 is 1. The molecular weight excluding hydrogens is 216 g/mol. The summed E-state index contributed by atoms with van der Waals surface area (Å²) in [6.45, 7) is 0. The zero-order chi connectivity index (χ0) is 12.3. The number of rotatable bonds is 2. The molecule has 0 saturated heterocycles. The Balaban J connectivity index is 3.54. The molecule has 0 unspecified atom stereocenters. The van der Waals surface area contributed by atoms with Crippen LogP contribution in [0.4, 0.5) is 5.69 Å².